The minimum Gasteiger partial charge on any atom is -0.406 e. The van der Waals surface area contributed by atoms with Crippen LogP contribution in [0.2, 0.25) is 0 Å². The van der Waals surface area contributed by atoms with Gasteiger partial charge in [-0.3, -0.25) is 10.1 Å². The first-order valence-electron chi connectivity index (χ1n) is 3.51. The molecule has 5 nitrogen and oxygen atoms in total. The molecule has 1 aromatic rings. The summed E-state index contributed by atoms with van der Waals surface area (Å²) in [5, 5.41) is 19.1. The largest absolute Gasteiger partial charge is 0.433 e. The summed E-state index contributed by atoms with van der Waals surface area (Å²) < 4.78 is 4.80. The van der Waals surface area contributed by atoms with Crippen LogP contribution in [-0.4, -0.2) is 16.1 Å². The fourth-order valence-electron chi connectivity index (χ4n) is 0.866. The number of furan rings is 1. The van der Waals surface area contributed by atoms with E-state index in [1.54, 1.807) is 6.92 Å². The average Bonchev–Trinajstić information content (AvgIpc) is 2.34. The maximum Gasteiger partial charge on any atom is 0.433 e. The van der Waals surface area contributed by atoms with Crippen LogP contribution in [0.15, 0.2) is 16.5 Å². The van der Waals surface area contributed by atoms with Crippen LogP contribution in [0.5, 0.6) is 0 Å². The lowest BCUT2D eigenvalue weighted by Crippen LogP contribution is -2.02. The van der Waals surface area contributed by atoms with E-state index in [-0.39, 0.29) is 5.88 Å². The second kappa shape index (κ2) is 3.36. The quantitative estimate of drug-likeness (QED) is 0.545. The van der Waals surface area contributed by atoms with Crippen LogP contribution in [0.1, 0.15) is 12.7 Å². The predicted octanol–water partition coefficient (Wildman–Crippen LogP) is 1.11. The number of nitrogens with zero attached hydrogens (tertiary/aromatic N) is 1. The normalized spacial score (nSPS) is 12.8. The highest BCUT2D eigenvalue weighted by molar-refractivity contribution is 5.17. The van der Waals surface area contributed by atoms with Crippen molar-refractivity contribution < 1.29 is 14.4 Å². The summed E-state index contributed by atoms with van der Waals surface area (Å²) in [5.74, 6) is 0.141. The minimum atomic E-state index is -0.606. The average molecular weight is 171 g/mol. The molecule has 0 aliphatic carbocycles. The van der Waals surface area contributed by atoms with E-state index in [9.17, 15) is 10.1 Å². The second-order valence-electron chi connectivity index (χ2n) is 2.55. The molecule has 0 aromatic carbocycles. The lowest BCUT2D eigenvalue weighted by molar-refractivity contribution is -0.402. The fourth-order valence-corrected chi connectivity index (χ4v) is 0.866. The Labute approximate surface area is 68.8 Å². The van der Waals surface area contributed by atoms with Gasteiger partial charge in [-0.05, 0) is 13.0 Å². The zero-order valence-corrected chi connectivity index (χ0v) is 6.56. The molecule has 0 spiro atoms. The molecule has 5 heteroatoms. The van der Waals surface area contributed by atoms with Gasteiger partial charge in [-0.25, -0.2) is 0 Å². The van der Waals surface area contributed by atoms with Crippen LogP contribution >= 0.6 is 0 Å². The van der Waals surface area contributed by atoms with Crippen LogP contribution in [0, 0.1) is 10.1 Å². The minimum absolute atomic E-state index is 0.286. The predicted molar refractivity (Wildman–Crippen MR) is 40.7 cm³/mol. The molecule has 0 aliphatic rings. The van der Waals surface area contributed by atoms with Gasteiger partial charge < -0.3 is 9.52 Å². The van der Waals surface area contributed by atoms with Crippen molar-refractivity contribution in [2.24, 2.45) is 0 Å². The van der Waals surface area contributed by atoms with Gasteiger partial charge in [0.1, 0.15) is 10.7 Å². The Bertz CT molecular complexity index is 279. The Hall–Kier alpha value is -1.36. The number of hydrogen-bond acceptors (Lipinski definition) is 4. The Morgan fingerprint density at radius 1 is 1.75 bits per heavy atom. The summed E-state index contributed by atoms with van der Waals surface area (Å²) in [6.07, 6.45) is -0.246. The third-order valence-corrected chi connectivity index (χ3v) is 1.32. The molecule has 0 saturated heterocycles. The molecule has 0 saturated carbocycles. The summed E-state index contributed by atoms with van der Waals surface area (Å²) in [5.41, 5.74) is 0. The standard InChI is InChI=1S/C7H9NO4/c1-5(9)4-6-2-3-7(12-6)8(10)11/h2-3,5,9H,4H2,1H3/t5-/m0/s1. The smallest absolute Gasteiger partial charge is 0.406 e. The molecule has 12 heavy (non-hydrogen) atoms. The van der Waals surface area contributed by atoms with Crippen molar-refractivity contribution >= 4 is 5.88 Å². The third kappa shape index (κ3) is 2.06. The molecular weight excluding hydrogens is 162 g/mol. The first-order valence-corrected chi connectivity index (χ1v) is 3.51. The van der Waals surface area contributed by atoms with Crippen molar-refractivity contribution in [2.75, 3.05) is 0 Å². The highest BCUT2D eigenvalue weighted by Crippen LogP contribution is 2.16. The van der Waals surface area contributed by atoms with Gasteiger partial charge in [-0.1, -0.05) is 0 Å². The Morgan fingerprint density at radius 3 is 2.83 bits per heavy atom. The van der Waals surface area contributed by atoms with Crippen LogP contribution in [0.3, 0.4) is 0 Å². The summed E-state index contributed by atoms with van der Waals surface area (Å²) in [6, 6.07) is 2.77. The topological polar surface area (TPSA) is 76.5 Å². The van der Waals surface area contributed by atoms with Crippen molar-refractivity contribution in [2.45, 2.75) is 19.4 Å². The number of aliphatic hydroxyl groups is 1. The zero-order chi connectivity index (χ0) is 9.14. The second-order valence-corrected chi connectivity index (χ2v) is 2.55. The van der Waals surface area contributed by atoms with Gasteiger partial charge in [0.2, 0.25) is 0 Å². The maximum absolute atomic E-state index is 10.1. The van der Waals surface area contributed by atoms with E-state index < -0.39 is 11.0 Å². The lowest BCUT2D eigenvalue weighted by atomic mass is 10.2. The van der Waals surface area contributed by atoms with Gasteiger partial charge in [0, 0.05) is 6.42 Å². The van der Waals surface area contributed by atoms with Gasteiger partial charge in [0.15, 0.2) is 0 Å². The first-order chi connectivity index (χ1) is 5.59. The van der Waals surface area contributed by atoms with Gasteiger partial charge >= 0.3 is 5.88 Å². The summed E-state index contributed by atoms with van der Waals surface area (Å²) in [7, 11) is 0. The summed E-state index contributed by atoms with van der Waals surface area (Å²) in [6.45, 7) is 1.59. The van der Waals surface area contributed by atoms with Crippen LogP contribution in [0.4, 0.5) is 5.88 Å². The molecule has 0 aliphatic heterocycles. The fraction of sp³-hybridized carbons (Fsp3) is 0.429. The molecule has 1 rings (SSSR count). The van der Waals surface area contributed by atoms with E-state index in [2.05, 4.69) is 0 Å². The molecule has 0 unspecified atom stereocenters. The SMILES string of the molecule is C[C@H](O)Cc1ccc([N+](=O)[O-])o1. The molecule has 0 radical (unpaired) electrons. The number of nitro groups is 1. The van der Waals surface area contributed by atoms with Crippen molar-refractivity contribution in [3.8, 4) is 0 Å². The Balaban J connectivity index is 2.71. The van der Waals surface area contributed by atoms with Crippen LogP contribution in [0.25, 0.3) is 0 Å². The van der Waals surface area contributed by atoms with E-state index in [4.69, 9.17) is 9.52 Å². The molecule has 1 N–H and O–H groups in total. The molecular formula is C7H9NO4. The number of aliphatic hydroxyl groups excluding tert-OH is 1. The van der Waals surface area contributed by atoms with Crippen LogP contribution < -0.4 is 0 Å². The Morgan fingerprint density at radius 2 is 2.42 bits per heavy atom. The summed E-state index contributed by atoms with van der Waals surface area (Å²) in [4.78, 5) is 9.54. The number of rotatable bonds is 3. The third-order valence-electron chi connectivity index (χ3n) is 1.32. The molecule has 1 aromatic heterocycles. The van der Waals surface area contributed by atoms with E-state index in [0.717, 1.165) is 0 Å². The van der Waals surface area contributed by atoms with E-state index >= 15 is 0 Å². The maximum atomic E-state index is 10.1. The van der Waals surface area contributed by atoms with Crippen molar-refractivity contribution in [3.63, 3.8) is 0 Å². The molecule has 0 amide bonds. The molecule has 0 bridgehead atoms. The van der Waals surface area contributed by atoms with Crippen molar-refractivity contribution in [3.05, 3.63) is 28.0 Å². The lowest BCUT2D eigenvalue weighted by Gasteiger charge is -1.97. The Kier molecular flexibility index (Phi) is 2.44. The molecule has 66 valence electrons. The number of hydrogen-bond donors (Lipinski definition) is 1. The zero-order valence-electron chi connectivity index (χ0n) is 6.56. The first kappa shape index (κ1) is 8.73. The summed E-state index contributed by atoms with van der Waals surface area (Å²) >= 11 is 0. The van der Waals surface area contributed by atoms with Gasteiger partial charge in [0.25, 0.3) is 0 Å². The highest BCUT2D eigenvalue weighted by atomic mass is 16.6. The van der Waals surface area contributed by atoms with Gasteiger partial charge in [-0.15, -0.1) is 0 Å². The van der Waals surface area contributed by atoms with E-state index in [1.807, 2.05) is 0 Å². The van der Waals surface area contributed by atoms with Crippen molar-refractivity contribution in [1.29, 1.82) is 0 Å². The van der Waals surface area contributed by atoms with Gasteiger partial charge in [-0.2, -0.15) is 0 Å². The van der Waals surface area contributed by atoms with Crippen molar-refractivity contribution in [1.82, 2.24) is 0 Å². The van der Waals surface area contributed by atoms with E-state index in [0.29, 0.717) is 12.2 Å². The molecule has 1 atom stereocenters. The monoisotopic (exact) mass is 171 g/mol. The molecule has 0 fully saturated rings. The van der Waals surface area contributed by atoms with E-state index in [1.165, 1.54) is 12.1 Å². The van der Waals surface area contributed by atoms with Crippen LogP contribution in [-0.2, 0) is 6.42 Å². The van der Waals surface area contributed by atoms with Gasteiger partial charge in [0.05, 0.1) is 12.2 Å². The molecule has 1 heterocycles. The highest BCUT2D eigenvalue weighted by Gasteiger charge is 2.12.